The van der Waals surface area contributed by atoms with Crippen molar-refractivity contribution in [2.24, 2.45) is 0 Å². The van der Waals surface area contributed by atoms with Gasteiger partial charge in [-0.15, -0.1) is 0 Å². The summed E-state index contributed by atoms with van der Waals surface area (Å²) in [5.74, 6) is -1.47. The molecule has 100 valence electrons. The smallest absolute Gasteiger partial charge is 0.305 e. The van der Waals surface area contributed by atoms with Crippen LogP contribution >= 0.6 is 0 Å². The fourth-order valence-electron chi connectivity index (χ4n) is 2.71. The van der Waals surface area contributed by atoms with Crippen LogP contribution in [0.25, 0.3) is 0 Å². The highest BCUT2D eigenvalue weighted by Crippen LogP contribution is 2.37. The molecule has 0 spiro atoms. The molecule has 0 aromatic heterocycles. The van der Waals surface area contributed by atoms with E-state index in [1.165, 1.54) is 12.1 Å². The highest BCUT2D eigenvalue weighted by Gasteiger charge is 2.36. The van der Waals surface area contributed by atoms with Crippen molar-refractivity contribution < 1.29 is 14.3 Å². The predicted octanol–water partition coefficient (Wildman–Crippen LogP) is 2.90. The molecule has 0 heterocycles. The van der Waals surface area contributed by atoms with E-state index in [-0.39, 0.29) is 12.0 Å². The van der Waals surface area contributed by atoms with Gasteiger partial charge < -0.3 is 10.4 Å². The van der Waals surface area contributed by atoms with Gasteiger partial charge in [0, 0.05) is 5.54 Å². The summed E-state index contributed by atoms with van der Waals surface area (Å²) in [6.45, 7) is 0. The van der Waals surface area contributed by atoms with Crippen LogP contribution in [0.4, 0.5) is 10.1 Å². The van der Waals surface area contributed by atoms with Crippen molar-refractivity contribution in [3.63, 3.8) is 0 Å². The van der Waals surface area contributed by atoms with Gasteiger partial charge in [-0.05, 0) is 25.0 Å². The lowest BCUT2D eigenvalue weighted by Crippen LogP contribution is -2.37. The van der Waals surface area contributed by atoms with Crippen molar-refractivity contribution in [1.82, 2.24) is 0 Å². The molecule has 1 aromatic carbocycles. The first kappa shape index (κ1) is 13.3. The molecule has 1 aromatic rings. The van der Waals surface area contributed by atoms with Crippen molar-refractivity contribution in [2.45, 2.75) is 37.6 Å². The number of nitrogens with one attached hydrogen (secondary N) is 1. The molecule has 19 heavy (non-hydrogen) atoms. The minimum absolute atomic E-state index is 0.0195. The summed E-state index contributed by atoms with van der Waals surface area (Å²) in [5.41, 5.74) is -0.240. The van der Waals surface area contributed by atoms with Crippen LogP contribution in [0, 0.1) is 17.1 Å². The second-order valence-corrected chi connectivity index (χ2v) is 4.96. The van der Waals surface area contributed by atoms with Gasteiger partial charge in [-0.1, -0.05) is 18.9 Å². The van der Waals surface area contributed by atoms with Gasteiger partial charge >= 0.3 is 5.97 Å². The molecule has 2 N–H and O–H groups in total. The number of aliphatic carboxylic acids is 1. The number of nitrogens with zero attached hydrogens (tertiary/aromatic N) is 1. The Hall–Kier alpha value is -2.09. The molecule has 0 bridgehead atoms. The Balaban J connectivity index is 2.30. The first-order chi connectivity index (χ1) is 9.06. The van der Waals surface area contributed by atoms with Gasteiger partial charge in [0.25, 0.3) is 0 Å². The Morgan fingerprint density at radius 3 is 2.74 bits per heavy atom. The Bertz CT molecular complexity index is 531. The van der Waals surface area contributed by atoms with Crippen molar-refractivity contribution in [3.05, 3.63) is 29.6 Å². The third kappa shape index (κ3) is 2.84. The molecule has 0 saturated heterocycles. The third-order valence-electron chi connectivity index (χ3n) is 3.58. The number of rotatable bonds is 4. The highest BCUT2D eigenvalue weighted by atomic mass is 19.1. The normalized spacial score (nSPS) is 16.8. The minimum Gasteiger partial charge on any atom is -0.481 e. The van der Waals surface area contributed by atoms with E-state index >= 15 is 0 Å². The zero-order valence-electron chi connectivity index (χ0n) is 10.4. The number of carboxylic acid groups (broad SMARTS) is 1. The van der Waals surface area contributed by atoms with Crippen molar-refractivity contribution in [1.29, 1.82) is 5.26 Å². The molecule has 1 saturated carbocycles. The number of nitriles is 1. The molecule has 1 aliphatic carbocycles. The van der Waals surface area contributed by atoms with Gasteiger partial charge in [0.05, 0.1) is 12.1 Å². The van der Waals surface area contributed by atoms with Crippen molar-refractivity contribution >= 4 is 11.7 Å². The lowest BCUT2D eigenvalue weighted by Gasteiger charge is -2.30. The standard InChI is InChI=1S/C14H15FN2O2/c15-11-4-3-5-12(10(11)9-16)17-14(8-13(18)19)6-1-2-7-14/h3-5,17H,1-2,6-8H2,(H,18,19). The van der Waals surface area contributed by atoms with E-state index in [0.29, 0.717) is 5.69 Å². The number of benzene rings is 1. The second-order valence-electron chi connectivity index (χ2n) is 4.96. The van der Waals surface area contributed by atoms with E-state index in [2.05, 4.69) is 5.32 Å². The van der Waals surface area contributed by atoms with Crippen LogP contribution in [-0.2, 0) is 4.79 Å². The Morgan fingerprint density at radius 1 is 1.47 bits per heavy atom. The van der Waals surface area contributed by atoms with Gasteiger partial charge in [0.15, 0.2) is 0 Å². The maximum absolute atomic E-state index is 13.5. The fraction of sp³-hybridized carbons (Fsp3) is 0.429. The molecule has 0 radical (unpaired) electrons. The van der Waals surface area contributed by atoms with Gasteiger partial charge in [0.1, 0.15) is 17.4 Å². The van der Waals surface area contributed by atoms with E-state index in [4.69, 9.17) is 10.4 Å². The Kier molecular flexibility index (Phi) is 3.70. The summed E-state index contributed by atoms with van der Waals surface area (Å²) in [6.07, 6.45) is 3.31. The number of hydrogen-bond donors (Lipinski definition) is 2. The second kappa shape index (κ2) is 5.27. The molecule has 1 aliphatic rings. The monoisotopic (exact) mass is 262 g/mol. The number of hydrogen-bond acceptors (Lipinski definition) is 3. The first-order valence-electron chi connectivity index (χ1n) is 6.25. The van der Waals surface area contributed by atoms with Crippen LogP contribution in [0.5, 0.6) is 0 Å². The summed E-state index contributed by atoms with van der Waals surface area (Å²) in [5, 5.41) is 21.1. The summed E-state index contributed by atoms with van der Waals surface area (Å²) in [7, 11) is 0. The van der Waals surface area contributed by atoms with Crippen LogP contribution in [-0.4, -0.2) is 16.6 Å². The maximum atomic E-state index is 13.5. The van der Waals surface area contributed by atoms with Crippen LogP contribution in [0.2, 0.25) is 0 Å². The van der Waals surface area contributed by atoms with Crippen molar-refractivity contribution in [3.8, 4) is 6.07 Å². The molecule has 0 aliphatic heterocycles. The SMILES string of the molecule is N#Cc1c(F)cccc1NC1(CC(=O)O)CCCC1. The lowest BCUT2D eigenvalue weighted by atomic mass is 9.92. The van der Waals surface area contributed by atoms with Crippen molar-refractivity contribution in [2.75, 3.05) is 5.32 Å². The quantitative estimate of drug-likeness (QED) is 0.875. The molecule has 2 rings (SSSR count). The average Bonchev–Trinajstić information content (AvgIpc) is 2.76. The van der Waals surface area contributed by atoms with E-state index in [1.54, 1.807) is 6.07 Å². The summed E-state index contributed by atoms with van der Waals surface area (Å²) < 4.78 is 13.5. The van der Waals surface area contributed by atoms with Gasteiger partial charge in [-0.2, -0.15) is 5.26 Å². The minimum atomic E-state index is -0.885. The van der Waals surface area contributed by atoms with Gasteiger partial charge in [-0.3, -0.25) is 4.79 Å². The Labute approximate surface area is 110 Å². The van der Waals surface area contributed by atoms with E-state index in [1.807, 2.05) is 6.07 Å². The number of anilines is 1. The molecule has 0 amide bonds. The molecular weight excluding hydrogens is 247 g/mol. The first-order valence-corrected chi connectivity index (χ1v) is 6.25. The summed E-state index contributed by atoms with van der Waals surface area (Å²) in [4.78, 5) is 11.0. The van der Waals surface area contributed by atoms with E-state index < -0.39 is 17.3 Å². The molecule has 0 unspecified atom stereocenters. The zero-order valence-corrected chi connectivity index (χ0v) is 10.4. The summed E-state index contributed by atoms with van der Waals surface area (Å²) >= 11 is 0. The fourth-order valence-corrected chi connectivity index (χ4v) is 2.71. The van der Waals surface area contributed by atoms with Gasteiger partial charge in [0.2, 0.25) is 0 Å². The largest absolute Gasteiger partial charge is 0.481 e. The van der Waals surface area contributed by atoms with Gasteiger partial charge in [-0.25, -0.2) is 4.39 Å². The number of carbonyl (C=O) groups is 1. The third-order valence-corrected chi connectivity index (χ3v) is 3.58. The topological polar surface area (TPSA) is 73.1 Å². The molecule has 1 fully saturated rings. The zero-order chi connectivity index (χ0) is 13.9. The van der Waals surface area contributed by atoms with E-state index in [0.717, 1.165) is 25.7 Å². The predicted molar refractivity (Wildman–Crippen MR) is 68.2 cm³/mol. The molecule has 4 nitrogen and oxygen atoms in total. The van der Waals surface area contributed by atoms with Crippen LogP contribution in [0.1, 0.15) is 37.7 Å². The number of carboxylic acids is 1. The average molecular weight is 262 g/mol. The van der Waals surface area contributed by atoms with Crippen LogP contribution in [0.15, 0.2) is 18.2 Å². The number of halogens is 1. The van der Waals surface area contributed by atoms with Crippen LogP contribution in [0.3, 0.4) is 0 Å². The van der Waals surface area contributed by atoms with Crippen LogP contribution < -0.4 is 5.32 Å². The summed E-state index contributed by atoms with van der Waals surface area (Å²) in [6, 6.07) is 6.18. The highest BCUT2D eigenvalue weighted by molar-refractivity contribution is 5.70. The Morgan fingerprint density at radius 2 is 2.16 bits per heavy atom. The molecular formula is C14H15FN2O2. The molecule has 0 atom stereocenters. The molecule has 5 heteroatoms. The lowest BCUT2D eigenvalue weighted by molar-refractivity contribution is -0.138. The maximum Gasteiger partial charge on any atom is 0.305 e. The van der Waals surface area contributed by atoms with E-state index in [9.17, 15) is 9.18 Å².